The number of rotatable bonds is 9. The molecule has 162 valence electrons. The van der Waals surface area contributed by atoms with Crippen LogP contribution in [0.1, 0.15) is 44.7 Å². The van der Waals surface area contributed by atoms with E-state index in [0.29, 0.717) is 11.4 Å². The molecule has 0 saturated heterocycles. The maximum absolute atomic E-state index is 14.3. The number of carbonyl (C=O) groups excluding carboxylic acids is 2. The van der Waals surface area contributed by atoms with Gasteiger partial charge in [-0.15, -0.1) is 0 Å². The highest BCUT2D eigenvalue weighted by Crippen LogP contribution is 2.22. The lowest BCUT2D eigenvalue weighted by atomic mass is 10.1. The third-order valence-electron chi connectivity index (χ3n) is 5.04. The highest BCUT2D eigenvalue weighted by Gasteiger charge is 2.30. The van der Waals surface area contributed by atoms with E-state index in [-0.39, 0.29) is 41.4 Å². The first-order valence-corrected chi connectivity index (χ1v) is 10.8. The van der Waals surface area contributed by atoms with Crippen LogP contribution in [0.5, 0.6) is 0 Å². The lowest BCUT2D eigenvalue weighted by Crippen LogP contribution is -2.51. The van der Waals surface area contributed by atoms with Gasteiger partial charge in [0.05, 0.1) is 6.42 Å². The van der Waals surface area contributed by atoms with Crippen molar-refractivity contribution in [3.8, 4) is 0 Å². The van der Waals surface area contributed by atoms with Crippen molar-refractivity contribution in [1.82, 2.24) is 10.2 Å². The Balaban J connectivity index is 2.34. The standard InChI is InChI=1S/C23H27Cl2FN2O2/c1-4-15(3)27-23(30)21(5-2)28(14-16-9-11-17(24)12-10-16)22(29)13-18-19(25)7-6-8-20(18)26/h6-12,15,21H,4-5,13-14H2,1-3H3,(H,27,30)/t15-,21-/m1/s1. The Hall–Kier alpha value is -2.11. The summed E-state index contributed by atoms with van der Waals surface area (Å²) in [6, 6.07) is 10.7. The molecule has 2 atom stereocenters. The SMILES string of the molecule is CC[C@@H](C)NC(=O)[C@@H](CC)N(Cc1ccc(Cl)cc1)C(=O)Cc1c(F)cccc1Cl. The Kier molecular flexibility index (Phi) is 9.12. The van der Waals surface area contributed by atoms with Crippen molar-refractivity contribution in [3.05, 3.63) is 69.5 Å². The predicted molar refractivity (Wildman–Crippen MR) is 119 cm³/mol. The second kappa shape index (κ2) is 11.3. The van der Waals surface area contributed by atoms with Gasteiger partial charge < -0.3 is 10.2 Å². The van der Waals surface area contributed by atoms with E-state index in [4.69, 9.17) is 23.2 Å². The number of hydrogen-bond acceptors (Lipinski definition) is 2. The van der Waals surface area contributed by atoms with E-state index in [1.807, 2.05) is 20.8 Å². The monoisotopic (exact) mass is 452 g/mol. The molecule has 0 radical (unpaired) electrons. The molecule has 0 fully saturated rings. The first kappa shape index (κ1) is 24.2. The van der Waals surface area contributed by atoms with Crippen LogP contribution < -0.4 is 5.32 Å². The van der Waals surface area contributed by atoms with Gasteiger partial charge in [-0.1, -0.05) is 55.2 Å². The van der Waals surface area contributed by atoms with Crippen molar-refractivity contribution in [2.24, 2.45) is 0 Å². The fourth-order valence-corrected chi connectivity index (χ4v) is 3.46. The van der Waals surface area contributed by atoms with E-state index in [2.05, 4.69) is 5.32 Å². The van der Waals surface area contributed by atoms with Crippen LogP contribution in [0.2, 0.25) is 10.0 Å². The number of halogens is 3. The second-order valence-electron chi connectivity index (χ2n) is 7.27. The van der Waals surface area contributed by atoms with E-state index < -0.39 is 11.9 Å². The maximum atomic E-state index is 14.3. The molecule has 0 aromatic heterocycles. The highest BCUT2D eigenvalue weighted by atomic mass is 35.5. The molecular weight excluding hydrogens is 426 g/mol. The lowest BCUT2D eigenvalue weighted by Gasteiger charge is -2.31. The van der Waals surface area contributed by atoms with Gasteiger partial charge in [-0.3, -0.25) is 9.59 Å². The second-order valence-corrected chi connectivity index (χ2v) is 8.11. The van der Waals surface area contributed by atoms with Crippen LogP contribution in [0.4, 0.5) is 4.39 Å². The first-order chi connectivity index (χ1) is 14.3. The minimum absolute atomic E-state index is 0.0138. The number of carbonyl (C=O) groups is 2. The molecule has 0 bridgehead atoms. The van der Waals surface area contributed by atoms with Crippen molar-refractivity contribution in [1.29, 1.82) is 0 Å². The van der Waals surface area contributed by atoms with Crippen molar-refractivity contribution in [2.75, 3.05) is 0 Å². The zero-order valence-electron chi connectivity index (χ0n) is 17.4. The Morgan fingerprint density at radius 1 is 1.07 bits per heavy atom. The molecule has 0 saturated carbocycles. The molecule has 0 heterocycles. The number of nitrogens with zero attached hydrogens (tertiary/aromatic N) is 1. The summed E-state index contributed by atoms with van der Waals surface area (Å²) in [5, 5.41) is 3.71. The Labute approximate surface area is 187 Å². The zero-order valence-corrected chi connectivity index (χ0v) is 18.9. The quantitative estimate of drug-likeness (QED) is 0.553. The molecule has 0 aliphatic carbocycles. The van der Waals surface area contributed by atoms with E-state index >= 15 is 0 Å². The summed E-state index contributed by atoms with van der Waals surface area (Å²) in [5.74, 6) is -1.14. The third-order valence-corrected chi connectivity index (χ3v) is 5.65. The zero-order chi connectivity index (χ0) is 22.3. The smallest absolute Gasteiger partial charge is 0.243 e. The summed E-state index contributed by atoms with van der Waals surface area (Å²) >= 11 is 12.1. The van der Waals surface area contributed by atoms with Gasteiger partial charge in [-0.2, -0.15) is 0 Å². The molecule has 2 aromatic carbocycles. The van der Waals surface area contributed by atoms with Gasteiger partial charge in [0.15, 0.2) is 0 Å². The molecule has 1 N–H and O–H groups in total. The highest BCUT2D eigenvalue weighted by molar-refractivity contribution is 6.31. The molecule has 0 spiro atoms. The number of amides is 2. The third kappa shape index (κ3) is 6.44. The molecule has 0 aliphatic heterocycles. The number of nitrogens with one attached hydrogen (secondary N) is 1. The summed E-state index contributed by atoms with van der Waals surface area (Å²) in [4.78, 5) is 27.6. The van der Waals surface area contributed by atoms with Crippen molar-refractivity contribution in [2.45, 2.75) is 58.7 Å². The van der Waals surface area contributed by atoms with Crippen LogP contribution in [0.25, 0.3) is 0 Å². The van der Waals surface area contributed by atoms with Crippen LogP contribution in [-0.2, 0) is 22.6 Å². The molecule has 2 rings (SSSR count). The molecule has 4 nitrogen and oxygen atoms in total. The summed E-state index contributed by atoms with van der Waals surface area (Å²) < 4.78 is 14.3. The van der Waals surface area contributed by atoms with Gasteiger partial charge in [0, 0.05) is 28.2 Å². The van der Waals surface area contributed by atoms with Crippen molar-refractivity contribution >= 4 is 35.0 Å². The van der Waals surface area contributed by atoms with Crippen LogP contribution >= 0.6 is 23.2 Å². The molecular formula is C23H27Cl2FN2O2. The normalized spacial score (nSPS) is 12.9. The van der Waals surface area contributed by atoms with Gasteiger partial charge in [-0.25, -0.2) is 4.39 Å². The summed E-state index contributed by atoms with van der Waals surface area (Å²) in [7, 11) is 0. The molecule has 30 heavy (non-hydrogen) atoms. The summed E-state index contributed by atoms with van der Waals surface area (Å²) in [6.07, 6.45) is 0.969. The lowest BCUT2D eigenvalue weighted by molar-refractivity contribution is -0.141. The fourth-order valence-electron chi connectivity index (χ4n) is 3.10. The number of benzene rings is 2. The molecule has 0 unspecified atom stereocenters. The van der Waals surface area contributed by atoms with Crippen molar-refractivity contribution < 1.29 is 14.0 Å². The largest absolute Gasteiger partial charge is 0.352 e. The summed E-state index contributed by atoms with van der Waals surface area (Å²) in [6.45, 7) is 5.94. The minimum atomic E-state index is -0.687. The Bertz CT molecular complexity index is 854. The van der Waals surface area contributed by atoms with Gasteiger partial charge in [0.2, 0.25) is 11.8 Å². The maximum Gasteiger partial charge on any atom is 0.243 e. The van der Waals surface area contributed by atoms with Gasteiger partial charge >= 0.3 is 0 Å². The van der Waals surface area contributed by atoms with Crippen LogP contribution in [-0.4, -0.2) is 28.8 Å². The Morgan fingerprint density at radius 3 is 2.30 bits per heavy atom. The van der Waals surface area contributed by atoms with E-state index in [1.54, 1.807) is 30.3 Å². The van der Waals surface area contributed by atoms with Crippen molar-refractivity contribution in [3.63, 3.8) is 0 Å². The van der Waals surface area contributed by atoms with Gasteiger partial charge in [0.25, 0.3) is 0 Å². The topological polar surface area (TPSA) is 49.4 Å². The Morgan fingerprint density at radius 2 is 1.73 bits per heavy atom. The molecule has 0 aliphatic rings. The average Bonchev–Trinajstić information content (AvgIpc) is 2.71. The molecule has 2 aromatic rings. The predicted octanol–water partition coefficient (Wildman–Crippen LogP) is 5.40. The first-order valence-electron chi connectivity index (χ1n) is 10.0. The van der Waals surface area contributed by atoms with Gasteiger partial charge in [-0.05, 0) is 49.6 Å². The summed E-state index contributed by atoms with van der Waals surface area (Å²) in [5.41, 5.74) is 0.949. The van der Waals surface area contributed by atoms with Crippen LogP contribution in [0.3, 0.4) is 0 Å². The van der Waals surface area contributed by atoms with E-state index in [1.165, 1.54) is 17.0 Å². The average molecular weight is 453 g/mol. The van der Waals surface area contributed by atoms with E-state index in [9.17, 15) is 14.0 Å². The minimum Gasteiger partial charge on any atom is -0.352 e. The van der Waals surface area contributed by atoms with E-state index in [0.717, 1.165) is 12.0 Å². The van der Waals surface area contributed by atoms with Crippen LogP contribution in [0, 0.1) is 5.82 Å². The van der Waals surface area contributed by atoms with Crippen LogP contribution in [0.15, 0.2) is 42.5 Å². The number of hydrogen-bond donors (Lipinski definition) is 1. The molecule has 7 heteroatoms. The fraction of sp³-hybridized carbons (Fsp3) is 0.391. The van der Waals surface area contributed by atoms with Gasteiger partial charge in [0.1, 0.15) is 11.9 Å². The molecule has 2 amide bonds.